The molecule has 0 saturated heterocycles. The van der Waals surface area contributed by atoms with Crippen molar-refractivity contribution in [1.29, 1.82) is 0 Å². The number of hydrogen-bond acceptors (Lipinski definition) is 4. The van der Waals surface area contributed by atoms with Crippen LogP contribution in [0.1, 0.15) is 11.1 Å². The van der Waals surface area contributed by atoms with Gasteiger partial charge in [0, 0.05) is 28.3 Å². The summed E-state index contributed by atoms with van der Waals surface area (Å²) in [6.45, 7) is -0.701. The summed E-state index contributed by atoms with van der Waals surface area (Å²) in [5, 5.41) is 3.59. The van der Waals surface area contributed by atoms with Gasteiger partial charge in [0.2, 0.25) is 0 Å². The summed E-state index contributed by atoms with van der Waals surface area (Å²) in [5.41, 5.74) is 2.39. The Morgan fingerprint density at radius 1 is 1.13 bits per heavy atom. The minimum atomic E-state index is -0.619. The van der Waals surface area contributed by atoms with Gasteiger partial charge in [-0.05, 0) is 42.5 Å². The van der Waals surface area contributed by atoms with Gasteiger partial charge in [-0.3, -0.25) is 4.99 Å². The van der Waals surface area contributed by atoms with Crippen LogP contribution in [-0.4, -0.2) is 25.7 Å². The van der Waals surface area contributed by atoms with Gasteiger partial charge in [0.1, 0.15) is 31.9 Å². The lowest BCUT2D eigenvalue weighted by Crippen LogP contribution is -2.26. The third kappa shape index (κ3) is 4.49. The van der Waals surface area contributed by atoms with Crippen LogP contribution in [0.3, 0.4) is 0 Å². The van der Waals surface area contributed by atoms with Gasteiger partial charge < -0.3 is 14.8 Å². The number of halogens is 3. The number of rotatable bonds is 8. The zero-order chi connectivity index (χ0) is 20.9. The molecule has 2 aromatic rings. The molecule has 4 rings (SSSR count). The van der Waals surface area contributed by atoms with E-state index in [1.807, 2.05) is 24.4 Å². The van der Waals surface area contributed by atoms with Crippen molar-refractivity contribution in [2.45, 2.75) is 19.2 Å². The molecule has 156 valence electrons. The summed E-state index contributed by atoms with van der Waals surface area (Å²) in [6, 6.07) is 9.94. The third-order valence-electron chi connectivity index (χ3n) is 5.04. The highest BCUT2D eigenvalue weighted by atomic mass is 35.5. The van der Waals surface area contributed by atoms with Crippen LogP contribution in [-0.2, 0) is 13.0 Å². The lowest BCUT2D eigenvalue weighted by atomic mass is 9.92. The summed E-state index contributed by atoms with van der Waals surface area (Å²) >= 11 is 5.81. The Bertz CT molecular complexity index is 1010. The number of dihydropyridines is 1. The highest BCUT2D eigenvalue weighted by Gasteiger charge is 2.29. The molecule has 0 bridgehead atoms. The van der Waals surface area contributed by atoms with Crippen molar-refractivity contribution in [3.8, 4) is 11.5 Å². The monoisotopic (exact) mass is 430 g/mol. The average Bonchev–Trinajstić information content (AvgIpc) is 3.15. The smallest absolute Gasteiger partial charge is 0.164 e. The SMILES string of the molecule is FCCOc1c(CC2=CNC3N=CC=CC23)cccc1OCc1ccc(Cl)cc1F. The lowest BCUT2D eigenvalue weighted by molar-refractivity contribution is 0.239. The van der Waals surface area contributed by atoms with Gasteiger partial charge in [0.25, 0.3) is 0 Å². The van der Waals surface area contributed by atoms with E-state index in [-0.39, 0.29) is 25.3 Å². The number of alkyl halides is 1. The normalized spacial score (nSPS) is 19.2. The fourth-order valence-corrected chi connectivity index (χ4v) is 3.73. The molecule has 30 heavy (non-hydrogen) atoms. The number of nitrogens with zero attached hydrogens (tertiary/aromatic N) is 1. The van der Waals surface area contributed by atoms with Crippen LogP contribution in [0.25, 0.3) is 0 Å². The number of ether oxygens (including phenoxy) is 2. The molecular weight excluding hydrogens is 410 g/mol. The number of aliphatic imine (C=N–C) groups is 1. The molecule has 2 aromatic carbocycles. The van der Waals surface area contributed by atoms with Crippen molar-refractivity contribution in [3.63, 3.8) is 0 Å². The van der Waals surface area contributed by atoms with Crippen LogP contribution >= 0.6 is 11.6 Å². The first-order chi connectivity index (χ1) is 14.7. The molecule has 1 N–H and O–H groups in total. The van der Waals surface area contributed by atoms with Crippen LogP contribution < -0.4 is 14.8 Å². The molecule has 0 amide bonds. The zero-order valence-corrected chi connectivity index (χ0v) is 16.9. The van der Waals surface area contributed by atoms with Crippen molar-refractivity contribution < 1.29 is 18.3 Å². The van der Waals surface area contributed by atoms with Crippen molar-refractivity contribution in [2.24, 2.45) is 10.9 Å². The quantitative estimate of drug-likeness (QED) is 0.639. The summed E-state index contributed by atoms with van der Waals surface area (Å²) in [4.78, 5) is 4.42. The van der Waals surface area contributed by atoms with E-state index in [1.165, 1.54) is 6.07 Å². The van der Waals surface area contributed by atoms with Crippen molar-refractivity contribution >= 4 is 17.8 Å². The zero-order valence-electron chi connectivity index (χ0n) is 16.2. The Labute approximate surface area is 178 Å². The predicted molar refractivity (Wildman–Crippen MR) is 113 cm³/mol. The number of fused-ring (bicyclic) bond motifs is 1. The highest BCUT2D eigenvalue weighted by Crippen LogP contribution is 2.36. The van der Waals surface area contributed by atoms with Crippen LogP contribution in [0, 0.1) is 11.7 Å². The van der Waals surface area contributed by atoms with Gasteiger partial charge in [-0.15, -0.1) is 0 Å². The summed E-state index contributed by atoms with van der Waals surface area (Å²) < 4.78 is 38.5. The standard InChI is InChI=1S/C23H21ClF2N2O2/c24-18-7-6-16(20(26)12-18)14-30-21-5-1-3-15(22(21)29-10-8-25)11-17-13-28-23-19(17)4-2-9-27-23/h1-7,9,12-13,19,23,28H,8,10-11,14H2. The fourth-order valence-electron chi connectivity index (χ4n) is 3.57. The Morgan fingerprint density at radius 3 is 2.87 bits per heavy atom. The Kier molecular flexibility index (Phi) is 6.33. The average molecular weight is 431 g/mol. The summed E-state index contributed by atoms with van der Waals surface area (Å²) in [6.07, 6.45) is 8.40. The Morgan fingerprint density at radius 2 is 2.03 bits per heavy atom. The van der Waals surface area contributed by atoms with Gasteiger partial charge in [-0.25, -0.2) is 8.78 Å². The minimum absolute atomic E-state index is 0.00481. The van der Waals surface area contributed by atoms with Gasteiger partial charge in [-0.1, -0.05) is 35.9 Å². The third-order valence-corrected chi connectivity index (χ3v) is 5.27. The van der Waals surface area contributed by atoms with E-state index in [0.29, 0.717) is 28.5 Å². The lowest BCUT2D eigenvalue weighted by Gasteiger charge is -2.20. The molecule has 0 fully saturated rings. The van der Waals surface area contributed by atoms with E-state index in [0.717, 1.165) is 11.1 Å². The number of hydrogen-bond donors (Lipinski definition) is 1. The van der Waals surface area contributed by atoms with Gasteiger partial charge in [0.05, 0.1) is 0 Å². The molecule has 4 nitrogen and oxygen atoms in total. The molecule has 2 aliphatic rings. The number of para-hydroxylation sites is 1. The first-order valence-corrected chi connectivity index (χ1v) is 10.1. The molecule has 0 aliphatic carbocycles. The molecule has 0 radical (unpaired) electrons. The second-order valence-corrected chi connectivity index (χ2v) is 7.46. The Hall–Kier alpha value is -2.86. The molecule has 0 spiro atoms. The second-order valence-electron chi connectivity index (χ2n) is 7.02. The molecule has 0 saturated carbocycles. The predicted octanol–water partition coefficient (Wildman–Crippen LogP) is 5.02. The van der Waals surface area contributed by atoms with Crippen LogP contribution in [0.2, 0.25) is 5.02 Å². The van der Waals surface area contributed by atoms with E-state index >= 15 is 0 Å². The molecule has 2 atom stereocenters. The molecule has 2 heterocycles. The molecular formula is C23H21ClF2N2O2. The summed E-state index contributed by atoms with van der Waals surface area (Å²) in [5.74, 6) is 0.632. The molecule has 2 aliphatic heterocycles. The van der Waals surface area contributed by atoms with E-state index in [1.54, 1.807) is 24.4 Å². The fraction of sp³-hybridized carbons (Fsp3) is 0.261. The van der Waals surface area contributed by atoms with Crippen LogP contribution in [0.5, 0.6) is 11.5 Å². The number of benzene rings is 2. The second kappa shape index (κ2) is 9.30. The first kappa shape index (κ1) is 20.4. The molecule has 0 aromatic heterocycles. The van der Waals surface area contributed by atoms with Crippen molar-refractivity contribution in [1.82, 2.24) is 5.32 Å². The molecule has 2 unspecified atom stereocenters. The number of allylic oxidation sites excluding steroid dienone is 1. The number of nitrogens with one attached hydrogen (secondary N) is 1. The van der Waals surface area contributed by atoms with Crippen LogP contribution in [0.4, 0.5) is 8.78 Å². The van der Waals surface area contributed by atoms with E-state index < -0.39 is 12.5 Å². The minimum Gasteiger partial charge on any atom is -0.487 e. The van der Waals surface area contributed by atoms with Crippen LogP contribution in [0.15, 0.2) is 65.3 Å². The first-order valence-electron chi connectivity index (χ1n) is 9.68. The van der Waals surface area contributed by atoms with Crippen molar-refractivity contribution in [2.75, 3.05) is 13.3 Å². The van der Waals surface area contributed by atoms with E-state index in [2.05, 4.69) is 16.4 Å². The Balaban J connectivity index is 1.55. The van der Waals surface area contributed by atoms with Gasteiger partial charge >= 0.3 is 0 Å². The maximum atomic E-state index is 14.1. The van der Waals surface area contributed by atoms with E-state index in [4.69, 9.17) is 21.1 Å². The van der Waals surface area contributed by atoms with Crippen molar-refractivity contribution in [3.05, 3.63) is 82.3 Å². The molecule has 7 heteroatoms. The maximum Gasteiger partial charge on any atom is 0.164 e. The summed E-state index contributed by atoms with van der Waals surface area (Å²) in [7, 11) is 0. The topological polar surface area (TPSA) is 42.8 Å². The maximum absolute atomic E-state index is 14.1. The van der Waals surface area contributed by atoms with Gasteiger partial charge in [0.15, 0.2) is 11.5 Å². The van der Waals surface area contributed by atoms with Gasteiger partial charge in [-0.2, -0.15) is 0 Å². The highest BCUT2D eigenvalue weighted by molar-refractivity contribution is 6.30. The largest absolute Gasteiger partial charge is 0.487 e. The van der Waals surface area contributed by atoms with E-state index in [9.17, 15) is 8.78 Å².